The van der Waals surface area contributed by atoms with E-state index >= 15 is 0 Å². The van der Waals surface area contributed by atoms with E-state index < -0.39 is 0 Å². The van der Waals surface area contributed by atoms with Crippen LogP contribution in [0.2, 0.25) is 0 Å². The molecule has 0 saturated carbocycles. The molecule has 0 heterocycles. The van der Waals surface area contributed by atoms with Crippen LogP contribution in [-0.2, 0) is 16.1 Å². The van der Waals surface area contributed by atoms with Crippen LogP contribution in [0.15, 0.2) is 16.6 Å². The third kappa shape index (κ3) is 4.89. The number of benzene rings is 1. The van der Waals surface area contributed by atoms with E-state index in [1.165, 1.54) is 7.11 Å². The largest absolute Gasteiger partial charge is 0.496 e. The van der Waals surface area contributed by atoms with Gasteiger partial charge in [-0.15, -0.1) is 0 Å². The summed E-state index contributed by atoms with van der Waals surface area (Å²) in [6, 6.07) is 3.81. The van der Waals surface area contributed by atoms with Crippen molar-refractivity contribution in [3.63, 3.8) is 0 Å². The van der Waals surface area contributed by atoms with Crippen LogP contribution in [0.1, 0.15) is 12.5 Å². The van der Waals surface area contributed by atoms with Crippen molar-refractivity contribution >= 4 is 21.9 Å². The second-order valence-electron chi connectivity index (χ2n) is 4.92. The van der Waals surface area contributed by atoms with Crippen molar-refractivity contribution in [2.75, 3.05) is 34.9 Å². The minimum Gasteiger partial charge on any atom is -0.496 e. The lowest BCUT2D eigenvalue weighted by atomic mass is 10.1. The number of rotatable bonds is 7. The molecular formula is C15H22BrNO4. The van der Waals surface area contributed by atoms with Gasteiger partial charge in [0.1, 0.15) is 11.5 Å². The van der Waals surface area contributed by atoms with Gasteiger partial charge in [-0.2, -0.15) is 0 Å². The lowest BCUT2D eigenvalue weighted by molar-refractivity contribution is -0.145. The van der Waals surface area contributed by atoms with Crippen LogP contribution in [0.5, 0.6) is 11.5 Å². The van der Waals surface area contributed by atoms with Crippen LogP contribution in [0.3, 0.4) is 0 Å². The van der Waals surface area contributed by atoms with Gasteiger partial charge in [-0.1, -0.05) is 6.92 Å². The second kappa shape index (κ2) is 8.24. The first-order chi connectivity index (χ1) is 9.92. The summed E-state index contributed by atoms with van der Waals surface area (Å²) >= 11 is 3.44. The third-order valence-corrected chi connectivity index (χ3v) is 3.80. The molecule has 0 amide bonds. The zero-order valence-electron chi connectivity index (χ0n) is 13.1. The van der Waals surface area contributed by atoms with E-state index in [9.17, 15) is 4.79 Å². The van der Waals surface area contributed by atoms with Crippen molar-refractivity contribution in [3.05, 3.63) is 22.2 Å². The predicted octanol–water partition coefficient (Wildman–Crippen LogP) is 2.71. The summed E-state index contributed by atoms with van der Waals surface area (Å²) in [5.74, 6) is 1.14. The van der Waals surface area contributed by atoms with Crippen LogP contribution < -0.4 is 9.47 Å². The number of carbonyl (C=O) groups excluding carboxylic acids is 1. The van der Waals surface area contributed by atoms with Gasteiger partial charge in [0.05, 0.1) is 31.7 Å². The van der Waals surface area contributed by atoms with Crippen molar-refractivity contribution in [2.45, 2.75) is 13.5 Å². The molecular weight excluding hydrogens is 338 g/mol. The molecule has 6 heteroatoms. The summed E-state index contributed by atoms with van der Waals surface area (Å²) in [5.41, 5.74) is 0.997. The highest BCUT2D eigenvalue weighted by molar-refractivity contribution is 9.10. The van der Waals surface area contributed by atoms with Crippen molar-refractivity contribution in [1.29, 1.82) is 0 Å². The fourth-order valence-electron chi connectivity index (χ4n) is 2.15. The Morgan fingerprint density at radius 2 is 1.86 bits per heavy atom. The molecule has 1 aromatic carbocycles. The average Bonchev–Trinajstić information content (AvgIpc) is 2.47. The van der Waals surface area contributed by atoms with Crippen LogP contribution in [0.25, 0.3) is 0 Å². The van der Waals surface area contributed by atoms with Crippen LogP contribution in [-0.4, -0.2) is 45.8 Å². The Hall–Kier alpha value is -1.27. The smallest absolute Gasteiger partial charge is 0.309 e. The zero-order valence-corrected chi connectivity index (χ0v) is 14.7. The Balaban J connectivity index is 2.83. The molecule has 0 bridgehead atoms. The number of hydrogen-bond acceptors (Lipinski definition) is 5. The Morgan fingerprint density at radius 1 is 1.24 bits per heavy atom. The summed E-state index contributed by atoms with van der Waals surface area (Å²) in [6.07, 6.45) is 0. The van der Waals surface area contributed by atoms with E-state index in [-0.39, 0.29) is 11.9 Å². The average molecular weight is 360 g/mol. The van der Waals surface area contributed by atoms with Crippen molar-refractivity contribution in [3.8, 4) is 11.5 Å². The molecule has 0 aliphatic rings. The zero-order chi connectivity index (χ0) is 16.0. The molecule has 0 aliphatic carbocycles. The summed E-state index contributed by atoms with van der Waals surface area (Å²) in [6.45, 7) is 3.10. The minimum absolute atomic E-state index is 0.177. The van der Waals surface area contributed by atoms with E-state index in [4.69, 9.17) is 14.2 Å². The second-order valence-corrected chi connectivity index (χ2v) is 5.77. The van der Waals surface area contributed by atoms with Crippen LogP contribution in [0, 0.1) is 5.92 Å². The van der Waals surface area contributed by atoms with E-state index in [1.807, 2.05) is 31.0 Å². The van der Waals surface area contributed by atoms with Crippen molar-refractivity contribution < 1.29 is 19.0 Å². The number of methoxy groups -OCH3 is 3. The third-order valence-electron chi connectivity index (χ3n) is 3.18. The van der Waals surface area contributed by atoms with Gasteiger partial charge in [-0.3, -0.25) is 4.79 Å². The molecule has 0 spiro atoms. The molecule has 1 rings (SSSR count). The summed E-state index contributed by atoms with van der Waals surface area (Å²) in [4.78, 5) is 13.5. The topological polar surface area (TPSA) is 48.0 Å². The van der Waals surface area contributed by atoms with Gasteiger partial charge in [-0.05, 0) is 35.1 Å². The van der Waals surface area contributed by atoms with Crippen molar-refractivity contribution in [2.24, 2.45) is 5.92 Å². The fraction of sp³-hybridized carbons (Fsp3) is 0.533. The molecule has 1 unspecified atom stereocenters. The Bertz CT molecular complexity index is 493. The quantitative estimate of drug-likeness (QED) is 0.700. The predicted molar refractivity (Wildman–Crippen MR) is 84.8 cm³/mol. The number of halogens is 1. The van der Waals surface area contributed by atoms with Gasteiger partial charge in [0.25, 0.3) is 0 Å². The number of hydrogen-bond donors (Lipinski definition) is 0. The first kappa shape index (κ1) is 17.8. The molecule has 1 atom stereocenters. The monoisotopic (exact) mass is 359 g/mol. The van der Waals surface area contributed by atoms with E-state index in [0.29, 0.717) is 13.1 Å². The van der Waals surface area contributed by atoms with Crippen LogP contribution in [0.4, 0.5) is 0 Å². The van der Waals surface area contributed by atoms with E-state index in [0.717, 1.165) is 21.5 Å². The van der Waals surface area contributed by atoms with Gasteiger partial charge in [0, 0.05) is 18.7 Å². The highest BCUT2D eigenvalue weighted by Gasteiger charge is 2.17. The van der Waals surface area contributed by atoms with E-state index in [1.54, 1.807) is 14.2 Å². The standard InChI is InChI=1S/C15H22BrNO4/c1-10(15(18)21-5)8-17(2)9-11-6-14(20-4)12(16)7-13(11)19-3/h6-7,10H,8-9H2,1-5H3. The molecule has 0 radical (unpaired) electrons. The fourth-order valence-corrected chi connectivity index (χ4v) is 2.63. The molecule has 118 valence electrons. The van der Waals surface area contributed by atoms with Crippen LogP contribution >= 0.6 is 15.9 Å². The summed E-state index contributed by atoms with van der Waals surface area (Å²) < 4.78 is 16.3. The lowest BCUT2D eigenvalue weighted by Crippen LogP contribution is -2.29. The first-order valence-electron chi connectivity index (χ1n) is 6.59. The SMILES string of the molecule is COC(=O)C(C)CN(C)Cc1cc(OC)c(Br)cc1OC. The molecule has 1 aromatic rings. The van der Waals surface area contributed by atoms with E-state index in [2.05, 4.69) is 15.9 Å². The van der Waals surface area contributed by atoms with Gasteiger partial charge >= 0.3 is 5.97 Å². The molecule has 0 aromatic heterocycles. The van der Waals surface area contributed by atoms with Gasteiger partial charge in [0.15, 0.2) is 0 Å². The highest BCUT2D eigenvalue weighted by Crippen LogP contribution is 2.33. The van der Waals surface area contributed by atoms with Gasteiger partial charge < -0.3 is 19.1 Å². The molecule has 0 N–H and O–H groups in total. The maximum Gasteiger partial charge on any atom is 0.309 e. The summed E-state index contributed by atoms with van der Waals surface area (Å²) in [5, 5.41) is 0. The molecule has 5 nitrogen and oxygen atoms in total. The Morgan fingerprint density at radius 3 is 2.38 bits per heavy atom. The number of nitrogens with zero attached hydrogens (tertiary/aromatic N) is 1. The van der Waals surface area contributed by atoms with Gasteiger partial charge in [0.2, 0.25) is 0 Å². The summed E-state index contributed by atoms with van der Waals surface area (Å²) in [7, 11) is 6.61. The minimum atomic E-state index is -0.206. The highest BCUT2D eigenvalue weighted by atomic mass is 79.9. The molecule has 21 heavy (non-hydrogen) atoms. The Kier molecular flexibility index (Phi) is 6.98. The van der Waals surface area contributed by atoms with Crippen molar-refractivity contribution in [1.82, 2.24) is 4.90 Å². The maximum absolute atomic E-state index is 11.5. The van der Waals surface area contributed by atoms with Gasteiger partial charge in [-0.25, -0.2) is 0 Å². The lowest BCUT2D eigenvalue weighted by Gasteiger charge is -2.21. The number of esters is 1. The normalized spacial score (nSPS) is 12.1. The maximum atomic E-state index is 11.5. The Labute approximate surface area is 134 Å². The number of ether oxygens (including phenoxy) is 3. The molecule has 0 saturated heterocycles. The number of carbonyl (C=O) groups is 1. The molecule has 0 fully saturated rings. The first-order valence-corrected chi connectivity index (χ1v) is 7.39. The molecule has 0 aliphatic heterocycles.